The lowest BCUT2D eigenvalue weighted by molar-refractivity contribution is -0.139. The van der Waals surface area contributed by atoms with E-state index in [4.69, 9.17) is 33.3 Å². The fourth-order valence-electron chi connectivity index (χ4n) is 3.05. The number of nitrogens with one attached hydrogen (secondary N) is 6. The Morgan fingerprint density at radius 2 is 1.66 bits per heavy atom. The van der Waals surface area contributed by atoms with Crippen molar-refractivity contribution in [2.24, 2.45) is 0 Å². The number of anilines is 1. The first-order chi connectivity index (χ1) is 19.1. The van der Waals surface area contributed by atoms with Gasteiger partial charge >= 0.3 is 12.1 Å². The van der Waals surface area contributed by atoms with E-state index in [0.717, 1.165) is 0 Å². The van der Waals surface area contributed by atoms with E-state index in [1.165, 1.54) is 30.3 Å². The lowest BCUT2D eigenvalue weighted by Gasteiger charge is -2.20. The third kappa shape index (κ3) is 11.3. The maximum atomic E-state index is 12.6. The van der Waals surface area contributed by atoms with Crippen molar-refractivity contribution < 1.29 is 33.8 Å². The molecule has 2 aromatic carbocycles. The first-order valence-electron chi connectivity index (χ1n) is 11.7. The van der Waals surface area contributed by atoms with Gasteiger partial charge in [-0.15, -0.1) is 0 Å². The SMILES string of the molecule is CC(C)(C)OC(=O)NC(=N)Nc1cccc(C(=O)NCC(=O)NC[C@H](NC(=O)c2c(Cl)cc(Br)cc2Cl)C(=O)O)c1. The number of hydrogen-bond acceptors (Lipinski definition) is 7. The van der Waals surface area contributed by atoms with E-state index in [2.05, 4.69) is 42.5 Å². The smallest absolute Gasteiger partial charge is 0.414 e. The van der Waals surface area contributed by atoms with E-state index in [-0.39, 0.29) is 27.1 Å². The maximum absolute atomic E-state index is 12.6. The van der Waals surface area contributed by atoms with Gasteiger partial charge in [-0.3, -0.25) is 25.1 Å². The molecule has 2 aromatic rings. The molecule has 0 heterocycles. The van der Waals surface area contributed by atoms with Crippen LogP contribution in [0.15, 0.2) is 40.9 Å². The van der Waals surface area contributed by atoms with Crippen molar-refractivity contribution in [3.05, 3.63) is 62.0 Å². The van der Waals surface area contributed by atoms with Crippen molar-refractivity contribution in [1.82, 2.24) is 21.3 Å². The van der Waals surface area contributed by atoms with Crippen molar-refractivity contribution in [3.63, 3.8) is 0 Å². The molecule has 1 atom stereocenters. The largest absolute Gasteiger partial charge is 0.480 e. The number of carboxylic acid groups (broad SMARTS) is 1. The van der Waals surface area contributed by atoms with Crippen LogP contribution in [0, 0.1) is 5.41 Å². The van der Waals surface area contributed by atoms with Crippen LogP contribution >= 0.6 is 39.1 Å². The van der Waals surface area contributed by atoms with Gasteiger partial charge in [0.25, 0.3) is 11.8 Å². The van der Waals surface area contributed by atoms with Crippen LogP contribution in [0.5, 0.6) is 0 Å². The third-order valence-corrected chi connectivity index (χ3v) is 5.82. The Kier molecular flexibility index (Phi) is 11.9. The number of carbonyl (C=O) groups is 5. The standard InChI is InChI=1S/C25H27BrCl2N6O7/c1-25(2,3)41-24(40)34-23(29)32-14-6-4-5-12(7-14)20(36)31-11-18(35)30-10-17(22(38)39)33-21(37)19-15(27)8-13(26)9-16(19)28/h4-9,17H,10-11H2,1-3H3,(H,30,35)(H,31,36)(H,33,37)(H,38,39)(H3,29,32,34,40)/t17-/m0/s1. The second-order valence-corrected chi connectivity index (χ2v) is 11.0. The van der Waals surface area contributed by atoms with Crippen LogP contribution < -0.4 is 26.6 Å². The topological polar surface area (TPSA) is 199 Å². The molecule has 7 N–H and O–H groups in total. The summed E-state index contributed by atoms with van der Waals surface area (Å²) in [4.78, 5) is 60.7. The summed E-state index contributed by atoms with van der Waals surface area (Å²) in [5.74, 6) is -4.04. The molecule has 0 aliphatic carbocycles. The average Bonchev–Trinajstić information content (AvgIpc) is 2.82. The molecule has 0 aromatic heterocycles. The Labute approximate surface area is 253 Å². The molecular weight excluding hydrogens is 647 g/mol. The second kappa shape index (κ2) is 14.7. The van der Waals surface area contributed by atoms with Gasteiger partial charge in [0.1, 0.15) is 11.6 Å². The van der Waals surface area contributed by atoms with Crippen molar-refractivity contribution in [2.45, 2.75) is 32.4 Å². The molecule has 0 spiro atoms. The number of amides is 4. The number of ether oxygens (including phenoxy) is 1. The predicted molar refractivity (Wildman–Crippen MR) is 156 cm³/mol. The number of guanidine groups is 1. The van der Waals surface area contributed by atoms with Crippen molar-refractivity contribution in [3.8, 4) is 0 Å². The van der Waals surface area contributed by atoms with E-state index in [1.54, 1.807) is 26.8 Å². The zero-order valence-electron chi connectivity index (χ0n) is 22.0. The molecule has 0 aliphatic heterocycles. The van der Waals surface area contributed by atoms with Gasteiger partial charge in [-0.05, 0) is 51.1 Å². The summed E-state index contributed by atoms with van der Waals surface area (Å²) in [7, 11) is 0. The quantitative estimate of drug-likeness (QED) is 0.155. The van der Waals surface area contributed by atoms with Gasteiger partial charge in [-0.1, -0.05) is 45.2 Å². The molecule has 13 nitrogen and oxygen atoms in total. The number of carboxylic acids is 1. The van der Waals surface area contributed by atoms with Gasteiger partial charge in [0, 0.05) is 22.3 Å². The van der Waals surface area contributed by atoms with Gasteiger partial charge in [0.15, 0.2) is 0 Å². The van der Waals surface area contributed by atoms with Crippen molar-refractivity contribution in [2.75, 3.05) is 18.4 Å². The summed E-state index contributed by atoms with van der Waals surface area (Å²) >= 11 is 15.3. The molecular formula is C25H27BrCl2N6O7. The number of halogens is 3. The molecule has 0 aliphatic rings. The van der Waals surface area contributed by atoms with Gasteiger partial charge in [-0.25, -0.2) is 9.59 Å². The molecule has 0 fully saturated rings. The molecule has 220 valence electrons. The minimum atomic E-state index is -1.52. The number of aliphatic carboxylic acids is 1. The van der Waals surface area contributed by atoms with Gasteiger partial charge in [0.05, 0.1) is 22.2 Å². The van der Waals surface area contributed by atoms with E-state index in [0.29, 0.717) is 10.2 Å². The zero-order valence-corrected chi connectivity index (χ0v) is 25.1. The van der Waals surface area contributed by atoms with E-state index in [9.17, 15) is 29.1 Å². The van der Waals surface area contributed by atoms with Crippen molar-refractivity contribution in [1.29, 1.82) is 5.41 Å². The number of benzene rings is 2. The summed E-state index contributed by atoms with van der Waals surface area (Å²) in [6.45, 7) is 4.02. The van der Waals surface area contributed by atoms with Gasteiger partial charge in [0.2, 0.25) is 11.9 Å². The van der Waals surface area contributed by atoms with Gasteiger partial charge in [-0.2, -0.15) is 0 Å². The van der Waals surface area contributed by atoms with Crippen LogP contribution in [0.25, 0.3) is 0 Å². The first kappa shape index (κ1) is 33.3. The first-order valence-corrected chi connectivity index (χ1v) is 13.3. The summed E-state index contributed by atoms with van der Waals surface area (Å²) in [5.41, 5.74) is -0.449. The lowest BCUT2D eigenvalue weighted by atomic mass is 10.2. The fraction of sp³-hybridized carbons (Fsp3) is 0.280. The normalized spacial score (nSPS) is 11.5. The molecule has 16 heteroatoms. The van der Waals surface area contributed by atoms with Crippen LogP contribution in [-0.2, 0) is 14.3 Å². The average molecular weight is 674 g/mol. The monoisotopic (exact) mass is 672 g/mol. The highest BCUT2D eigenvalue weighted by Crippen LogP contribution is 2.29. The maximum Gasteiger partial charge on any atom is 0.414 e. The van der Waals surface area contributed by atoms with Gasteiger partial charge < -0.3 is 31.1 Å². The van der Waals surface area contributed by atoms with E-state index in [1.807, 2.05) is 0 Å². The van der Waals surface area contributed by atoms with Crippen molar-refractivity contribution >= 4 is 80.6 Å². The van der Waals surface area contributed by atoms with Crippen LogP contribution in [-0.4, -0.2) is 65.6 Å². The molecule has 2 rings (SSSR count). The van der Waals surface area contributed by atoms with Crippen LogP contribution in [0.2, 0.25) is 10.0 Å². The summed E-state index contributed by atoms with van der Waals surface area (Å²) in [6, 6.07) is 7.21. The third-order valence-electron chi connectivity index (χ3n) is 4.77. The predicted octanol–water partition coefficient (Wildman–Crippen LogP) is 3.36. The van der Waals surface area contributed by atoms with E-state index < -0.39 is 54.5 Å². The summed E-state index contributed by atoms with van der Waals surface area (Å²) < 4.78 is 5.58. The Morgan fingerprint density at radius 1 is 1.02 bits per heavy atom. The molecule has 0 saturated heterocycles. The molecule has 0 radical (unpaired) electrons. The molecule has 41 heavy (non-hydrogen) atoms. The number of carbonyl (C=O) groups excluding carboxylic acids is 4. The van der Waals surface area contributed by atoms with Crippen LogP contribution in [0.3, 0.4) is 0 Å². The Balaban J connectivity index is 1.89. The molecule has 0 unspecified atom stereocenters. The second-order valence-electron chi connectivity index (χ2n) is 9.30. The number of hydrogen-bond donors (Lipinski definition) is 7. The number of alkyl carbamates (subject to hydrolysis) is 1. The summed E-state index contributed by atoms with van der Waals surface area (Å²) in [5, 5.41) is 29.1. The Hall–Kier alpha value is -3.88. The highest BCUT2D eigenvalue weighted by Gasteiger charge is 2.24. The molecule has 0 saturated carbocycles. The van der Waals surface area contributed by atoms with Crippen LogP contribution in [0.1, 0.15) is 41.5 Å². The van der Waals surface area contributed by atoms with E-state index >= 15 is 0 Å². The summed E-state index contributed by atoms with van der Waals surface area (Å²) in [6.07, 6.45) is -0.833. The highest BCUT2D eigenvalue weighted by atomic mass is 79.9. The number of rotatable bonds is 9. The molecule has 4 amide bonds. The Morgan fingerprint density at radius 3 is 2.24 bits per heavy atom. The minimum Gasteiger partial charge on any atom is -0.480 e. The zero-order chi connectivity index (χ0) is 30.9. The lowest BCUT2D eigenvalue weighted by Crippen LogP contribution is -2.50. The fourth-order valence-corrected chi connectivity index (χ4v) is 4.43. The minimum absolute atomic E-state index is 0.00632. The highest BCUT2D eigenvalue weighted by molar-refractivity contribution is 9.10. The van der Waals surface area contributed by atoms with Crippen LogP contribution in [0.4, 0.5) is 10.5 Å². The molecule has 0 bridgehead atoms. The Bertz CT molecular complexity index is 1340.